The van der Waals surface area contributed by atoms with E-state index in [9.17, 15) is 13.2 Å². The Bertz CT molecular complexity index is 1180. The lowest BCUT2D eigenvalue weighted by molar-refractivity contribution is -0.137. The normalized spacial score (nSPS) is 11.5. The van der Waals surface area contributed by atoms with Crippen LogP contribution in [0.25, 0.3) is 28.2 Å². The van der Waals surface area contributed by atoms with E-state index in [2.05, 4.69) is 4.98 Å². The molecule has 0 aliphatic carbocycles. The Morgan fingerprint density at radius 2 is 1.67 bits per heavy atom. The molecule has 0 unspecified atom stereocenters. The minimum absolute atomic E-state index is 0.0237. The van der Waals surface area contributed by atoms with Crippen molar-refractivity contribution in [2.24, 2.45) is 0 Å². The molecule has 0 aliphatic rings. The van der Waals surface area contributed by atoms with Crippen LogP contribution < -0.4 is 4.74 Å². The van der Waals surface area contributed by atoms with Crippen LogP contribution in [0.1, 0.15) is 5.56 Å². The maximum Gasteiger partial charge on any atom is 0.417 e. The van der Waals surface area contributed by atoms with Gasteiger partial charge in [0.25, 0.3) is 0 Å². The fraction of sp³-hybridized carbons (Fsp3) is 0.0870. The summed E-state index contributed by atoms with van der Waals surface area (Å²) in [5.41, 5.74) is 1.68. The molecule has 0 atom stereocenters. The van der Waals surface area contributed by atoms with Gasteiger partial charge in [-0.1, -0.05) is 41.9 Å². The van der Waals surface area contributed by atoms with Crippen molar-refractivity contribution in [3.05, 3.63) is 89.7 Å². The highest BCUT2D eigenvalue weighted by Gasteiger charge is 2.34. The van der Waals surface area contributed by atoms with E-state index in [0.717, 1.165) is 17.2 Å². The third-order valence-electron chi connectivity index (χ3n) is 4.73. The lowest BCUT2D eigenvalue weighted by Crippen LogP contribution is -2.08. The number of benzene rings is 3. The van der Waals surface area contributed by atoms with E-state index in [0.29, 0.717) is 16.5 Å². The summed E-state index contributed by atoms with van der Waals surface area (Å²) in [4.78, 5) is 4.18. The molecule has 0 fully saturated rings. The molecule has 3 aromatic carbocycles. The quantitative estimate of drug-likeness (QED) is 0.354. The molecule has 0 saturated heterocycles. The largest absolute Gasteiger partial charge is 0.496 e. The van der Waals surface area contributed by atoms with Crippen LogP contribution in [0.3, 0.4) is 0 Å². The van der Waals surface area contributed by atoms with Gasteiger partial charge in [-0.15, -0.1) is 0 Å². The molecule has 0 aliphatic heterocycles. The SMILES string of the molecule is COc1ccc(Cl)cc1-c1ccc(-n2ccnc2-c2ccccc2C(F)(F)F)cc1. The Labute approximate surface area is 176 Å². The van der Waals surface area contributed by atoms with Crippen molar-refractivity contribution in [1.82, 2.24) is 9.55 Å². The van der Waals surface area contributed by atoms with E-state index in [1.165, 1.54) is 18.3 Å². The molecule has 0 bridgehead atoms. The van der Waals surface area contributed by atoms with Gasteiger partial charge in [-0.25, -0.2) is 4.98 Å². The molecule has 4 rings (SSSR count). The van der Waals surface area contributed by atoms with Gasteiger partial charge in [0, 0.05) is 34.2 Å². The van der Waals surface area contributed by atoms with Crippen LogP contribution in [-0.4, -0.2) is 16.7 Å². The summed E-state index contributed by atoms with van der Waals surface area (Å²) >= 11 is 6.12. The number of alkyl halides is 3. The highest BCUT2D eigenvalue weighted by molar-refractivity contribution is 6.31. The minimum Gasteiger partial charge on any atom is -0.496 e. The van der Waals surface area contributed by atoms with Crippen molar-refractivity contribution in [3.8, 4) is 34.0 Å². The van der Waals surface area contributed by atoms with Gasteiger partial charge in [-0.2, -0.15) is 13.2 Å². The number of ether oxygens (including phenoxy) is 1. The monoisotopic (exact) mass is 428 g/mol. The molecular weight excluding hydrogens is 413 g/mol. The van der Waals surface area contributed by atoms with Crippen molar-refractivity contribution >= 4 is 11.6 Å². The van der Waals surface area contributed by atoms with Crippen molar-refractivity contribution in [3.63, 3.8) is 0 Å². The zero-order valence-electron chi connectivity index (χ0n) is 15.8. The molecule has 0 saturated carbocycles. The van der Waals surface area contributed by atoms with Crippen LogP contribution in [0, 0.1) is 0 Å². The van der Waals surface area contributed by atoms with Crippen molar-refractivity contribution in [2.45, 2.75) is 6.18 Å². The van der Waals surface area contributed by atoms with E-state index in [-0.39, 0.29) is 11.4 Å². The molecule has 1 heterocycles. The lowest BCUT2D eigenvalue weighted by atomic mass is 10.0. The Morgan fingerprint density at radius 1 is 0.933 bits per heavy atom. The Balaban J connectivity index is 1.76. The second-order valence-electron chi connectivity index (χ2n) is 6.56. The third kappa shape index (κ3) is 3.78. The van der Waals surface area contributed by atoms with E-state index in [1.54, 1.807) is 42.1 Å². The first-order valence-electron chi connectivity index (χ1n) is 9.03. The third-order valence-corrected chi connectivity index (χ3v) is 4.97. The smallest absolute Gasteiger partial charge is 0.417 e. The first-order valence-corrected chi connectivity index (χ1v) is 9.40. The Hall–Kier alpha value is -3.25. The van der Waals surface area contributed by atoms with Crippen LogP contribution in [0.15, 0.2) is 79.1 Å². The lowest BCUT2D eigenvalue weighted by Gasteiger charge is -2.15. The van der Waals surface area contributed by atoms with Crippen molar-refractivity contribution in [1.29, 1.82) is 0 Å². The molecule has 7 heteroatoms. The number of hydrogen-bond acceptors (Lipinski definition) is 2. The van der Waals surface area contributed by atoms with Crippen LogP contribution in [0.2, 0.25) is 5.02 Å². The first kappa shape index (κ1) is 20.0. The number of rotatable bonds is 4. The summed E-state index contributed by atoms with van der Waals surface area (Å²) in [6.07, 6.45) is -1.35. The average molecular weight is 429 g/mol. The van der Waals surface area contributed by atoms with Gasteiger partial charge in [-0.05, 0) is 42.0 Å². The van der Waals surface area contributed by atoms with Gasteiger partial charge in [0.1, 0.15) is 11.6 Å². The van der Waals surface area contributed by atoms with E-state index in [4.69, 9.17) is 16.3 Å². The fourth-order valence-electron chi connectivity index (χ4n) is 3.34. The summed E-state index contributed by atoms with van der Waals surface area (Å²) in [5.74, 6) is 0.894. The molecule has 3 nitrogen and oxygen atoms in total. The zero-order chi connectivity index (χ0) is 21.3. The molecule has 0 N–H and O–H groups in total. The molecule has 1 aromatic heterocycles. The maximum absolute atomic E-state index is 13.5. The number of halogens is 4. The van der Waals surface area contributed by atoms with Gasteiger partial charge in [0.15, 0.2) is 0 Å². The summed E-state index contributed by atoms with van der Waals surface area (Å²) in [5, 5.41) is 0.579. The van der Waals surface area contributed by atoms with Crippen LogP contribution in [0.5, 0.6) is 5.75 Å². The van der Waals surface area contributed by atoms with E-state index in [1.807, 2.05) is 24.3 Å². The number of aromatic nitrogens is 2. The molecule has 4 aromatic rings. The standard InChI is InChI=1S/C23H16ClF3N2O/c1-30-21-11-8-16(24)14-19(21)15-6-9-17(10-7-15)29-13-12-28-22(29)18-4-2-3-5-20(18)23(25,26)27/h2-14H,1H3. The summed E-state index contributed by atoms with van der Waals surface area (Å²) in [6.45, 7) is 0. The minimum atomic E-state index is -4.47. The summed E-state index contributed by atoms with van der Waals surface area (Å²) in [6, 6.07) is 18.1. The van der Waals surface area contributed by atoms with Gasteiger partial charge >= 0.3 is 6.18 Å². The zero-order valence-corrected chi connectivity index (χ0v) is 16.6. The molecule has 30 heavy (non-hydrogen) atoms. The average Bonchev–Trinajstić information content (AvgIpc) is 3.23. The predicted molar refractivity (Wildman–Crippen MR) is 111 cm³/mol. The Morgan fingerprint density at radius 3 is 2.37 bits per heavy atom. The molecular formula is C23H16ClF3N2O. The summed E-state index contributed by atoms with van der Waals surface area (Å²) in [7, 11) is 1.58. The molecule has 0 amide bonds. The maximum atomic E-state index is 13.5. The van der Waals surface area contributed by atoms with Crippen LogP contribution in [-0.2, 0) is 6.18 Å². The van der Waals surface area contributed by atoms with Gasteiger partial charge in [0.2, 0.25) is 0 Å². The molecule has 152 valence electrons. The highest BCUT2D eigenvalue weighted by atomic mass is 35.5. The second kappa shape index (κ2) is 7.88. The first-order chi connectivity index (χ1) is 14.4. The van der Waals surface area contributed by atoms with Crippen molar-refractivity contribution in [2.75, 3.05) is 7.11 Å². The van der Waals surface area contributed by atoms with Gasteiger partial charge in [0.05, 0.1) is 12.7 Å². The number of nitrogens with zero attached hydrogens (tertiary/aromatic N) is 2. The van der Waals surface area contributed by atoms with Crippen LogP contribution >= 0.6 is 11.6 Å². The predicted octanol–water partition coefficient (Wildman–Crippen LogP) is 6.89. The fourth-order valence-corrected chi connectivity index (χ4v) is 3.52. The second-order valence-corrected chi connectivity index (χ2v) is 6.99. The highest BCUT2D eigenvalue weighted by Crippen LogP contribution is 2.37. The van der Waals surface area contributed by atoms with E-state index >= 15 is 0 Å². The number of imidazole rings is 1. The van der Waals surface area contributed by atoms with Crippen molar-refractivity contribution < 1.29 is 17.9 Å². The molecule has 0 spiro atoms. The summed E-state index contributed by atoms with van der Waals surface area (Å²) < 4.78 is 47.4. The number of hydrogen-bond donors (Lipinski definition) is 0. The van der Waals surface area contributed by atoms with Gasteiger partial charge < -0.3 is 4.74 Å². The van der Waals surface area contributed by atoms with E-state index < -0.39 is 11.7 Å². The molecule has 0 radical (unpaired) electrons. The Kier molecular flexibility index (Phi) is 5.26. The topological polar surface area (TPSA) is 27.1 Å². The number of methoxy groups -OCH3 is 1. The van der Waals surface area contributed by atoms with Crippen LogP contribution in [0.4, 0.5) is 13.2 Å². The van der Waals surface area contributed by atoms with Gasteiger partial charge in [-0.3, -0.25) is 4.57 Å².